The van der Waals surface area contributed by atoms with Crippen molar-refractivity contribution < 1.29 is 4.39 Å². The molecule has 0 aromatic heterocycles. The van der Waals surface area contributed by atoms with Crippen LogP contribution < -0.4 is 5.32 Å². The Balaban J connectivity index is 1.96. The minimum Gasteiger partial charge on any atom is -0.377 e. The third-order valence-electron chi connectivity index (χ3n) is 3.47. The van der Waals surface area contributed by atoms with E-state index in [0.29, 0.717) is 10.7 Å². The van der Waals surface area contributed by atoms with Crippen LogP contribution in [-0.2, 0) is 0 Å². The van der Waals surface area contributed by atoms with Gasteiger partial charge in [-0.2, -0.15) is 5.26 Å². The molecule has 0 fully saturated rings. The molecule has 1 atom stereocenters. The molecule has 0 bridgehead atoms. The molecule has 3 rings (SSSR count). The lowest BCUT2D eigenvalue weighted by Gasteiger charge is -2.27. The fraction of sp³-hybridized carbons (Fsp3) is 0.188. The van der Waals surface area contributed by atoms with E-state index < -0.39 is 5.82 Å². The Kier molecular flexibility index (Phi) is 4.05. The monoisotopic (exact) mass is 318 g/mol. The lowest BCUT2D eigenvalue weighted by Crippen LogP contribution is -2.17. The van der Waals surface area contributed by atoms with Crippen molar-refractivity contribution in [1.82, 2.24) is 0 Å². The number of fused-ring (bicyclic) bond motifs is 1. The van der Waals surface area contributed by atoms with Crippen LogP contribution in [0.4, 0.5) is 10.1 Å². The highest BCUT2D eigenvalue weighted by Crippen LogP contribution is 2.39. The molecule has 1 aliphatic heterocycles. The summed E-state index contributed by atoms with van der Waals surface area (Å²) in [6, 6.07) is 12.4. The van der Waals surface area contributed by atoms with E-state index >= 15 is 0 Å². The first-order valence-corrected chi connectivity index (χ1v) is 7.93. The number of hydrogen-bond acceptors (Lipinski definition) is 3. The smallest absolute Gasteiger partial charge is 0.143 e. The Labute approximate surface area is 131 Å². The fourth-order valence-electron chi connectivity index (χ4n) is 2.46. The SMILES string of the molecule is N#Cc1c(F)cccc1NC1CCSc2ccc(Cl)cc21. The van der Waals surface area contributed by atoms with Crippen molar-refractivity contribution in [2.75, 3.05) is 11.1 Å². The average molecular weight is 319 g/mol. The van der Waals surface area contributed by atoms with Gasteiger partial charge in [0.15, 0.2) is 0 Å². The van der Waals surface area contributed by atoms with Crippen molar-refractivity contribution in [2.45, 2.75) is 17.4 Å². The molecule has 2 aromatic rings. The molecule has 106 valence electrons. The van der Waals surface area contributed by atoms with Gasteiger partial charge in [-0.1, -0.05) is 17.7 Å². The van der Waals surface area contributed by atoms with Crippen molar-refractivity contribution in [3.8, 4) is 6.07 Å². The molecule has 1 N–H and O–H groups in total. The summed E-state index contributed by atoms with van der Waals surface area (Å²) in [4.78, 5) is 1.18. The molecule has 5 heteroatoms. The van der Waals surface area contributed by atoms with Crippen LogP contribution >= 0.6 is 23.4 Å². The van der Waals surface area contributed by atoms with Gasteiger partial charge in [-0.15, -0.1) is 11.8 Å². The molecule has 2 nitrogen and oxygen atoms in total. The number of halogens is 2. The van der Waals surface area contributed by atoms with Crippen LogP contribution in [0, 0.1) is 17.1 Å². The van der Waals surface area contributed by atoms with Crippen LogP contribution in [0.15, 0.2) is 41.3 Å². The highest BCUT2D eigenvalue weighted by molar-refractivity contribution is 7.99. The number of anilines is 1. The van der Waals surface area contributed by atoms with E-state index in [4.69, 9.17) is 16.9 Å². The van der Waals surface area contributed by atoms with Gasteiger partial charge >= 0.3 is 0 Å². The molecule has 0 amide bonds. The Morgan fingerprint density at radius 2 is 2.19 bits per heavy atom. The summed E-state index contributed by atoms with van der Waals surface area (Å²) in [6.45, 7) is 0. The summed E-state index contributed by atoms with van der Waals surface area (Å²) in [5, 5.41) is 13.1. The average Bonchev–Trinajstić information content (AvgIpc) is 2.48. The van der Waals surface area contributed by atoms with Crippen molar-refractivity contribution >= 4 is 29.1 Å². The third kappa shape index (κ3) is 2.85. The fourth-order valence-corrected chi connectivity index (χ4v) is 3.75. The Hall–Kier alpha value is -1.70. The Morgan fingerprint density at radius 1 is 1.33 bits per heavy atom. The number of thioether (sulfide) groups is 1. The summed E-state index contributed by atoms with van der Waals surface area (Å²) in [5.74, 6) is 0.475. The first-order valence-electron chi connectivity index (χ1n) is 6.56. The predicted molar refractivity (Wildman–Crippen MR) is 84.3 cm³/mol. The minimum atomic E-state index is -0.501. The zero-order chi connectivity index (χ0) is 14.8. The number of rotatable bonds is 2. The zero-order valence-corrected chi connectivity index (χ0v) is 12.6. The van der Waals surface area contributed by atoms with Crippen LogP contribution in [0.1, 0.15) is 23.6 Å². The molecule has 1 heterocycles. The first kappa shape index (κ1) is 14.2. The molecule has 0 spiro atoms. The van der Waals surface area contributed by atoms with Crippen molar-refractivity contribution in [3.05, 3.63) is 58.4 Å². The van der Waals surface area contributed by atoms with Gasteiger partial charge in [-0.05, 0) is 42.3 Å². The second-order valence-corrected chi connectivity index (χ2v) is 6.36. The third-order valence-corrected chi connectivity index (χ3v) is 4.82. The van der Waals surface area contributed by atoms with E-state index in [1.807, 2.05) is 24.3 Å². The van der Waals surface area contributed by atoms with E-state index in [0.717, 1.165) is 17.7 Å². The molecule has 21 heavy (non-hydrogen) atoms. The highest BCUT2D eigenvalue weighted by Gasteiger charge is 2.22. The number of nitrogens with zero attached hydrogens (tertiary/aromatic N) is 1. The normalized spacial score (nSPS) is 16.9. The quantitative estimate of drug-likeness (QED) is 0.846. The van der Waals surface area contributed by atoms with E-state index in [1.54, 1.807) is 23.9 Å². The van der Waals surface area contributed by atoms with Crippen LogP contribution in [-0.4, -0.2) is 5.75 Å². The van der Waals surface area contributed by atoms with Gasteiger partial charge in [0.1, 0.15) is 17.4 Å². The summed E-state index contributed by atoms with van der Waals surface area (Å²) >= 11 is 7.87. The minimum absolute atomic E-state index is 0.0360. The maximum Gasteiger partial charge on any atom is 0.143 e. The Bertz CT molecular complexity index is 727. The first-order chi connectivity index (χ1) is 10.2. The largest absolute Gasteiger partial charge is 0.377 e. The maximum atomic E-state index is 13.7. The summed E-state index contributed by atoms with van der Waals surface area (Å²) < 4.78 is 13.7. The molecule has 1 unspecified atom stereocenters. The number of hydrogen-bond donors (Lipinski definition) is 1. The number of nitrogens with one attached hydrogen (secondary N) is 1. The van der Waals surface area contributed by atoms with Crippen LogP contribution in [0.25, 0.3) is 0 Å². The van der Waals surface area contributed by atoms with E-state index in [9.17, 15) is 4.39 Å². The molecule has 2 aromatic carbocycles. The highest BCUT2D eigenvalue weighted by atomic mass is 35.5. The van der Waals surface area contributed by atoms with Gasteiger partial charge in [0.25, 0.3) is 0 Å². The van der Waals surface area contributed by atoms with E-state index in [2.05, 4.69) is 5.32 Å². The zero-order valence-electron chi connectivity index (χ0n) is 11.1. The number of benzene rings is 2. The standard InChI is InChI=1S/C16H12ClFN2S/c17-10-4-5-16-11(8-10)15(6-7-21-16)20-14-3-1-2-13(18)12(14)9-19/h1-5,8,15,20H,6-7H2. The second-order valence-electron chi connectivity index (χ2n) is 4.79. The van der Waals surface area contributed by atoms with Crippen LogP contribution in [0.5, 0.6) is 0 Å². The van der Waals surface area contributed by atoms with Gasteiger partial charge in [0, 0.05) is 15.7 Å². The molecular formula is C16H12ClFN2S. The van der Waals surface area contributed by atoms with Crippen molar-refractivity contribution in [3.63, 3.8) is 0 Å². The maximum absolute atomic E-state index is 13.7. The summed E-state index contributed by atoms with van der Waals surface area (Å²) in [6.07, 6.45) is 0.902. The molecule has 0 aliphatic carbocycles. The number of nitriles is 1. The van der Waals surface area contributed by atoms with Gasteiger partial charge in [-0.3, -0.25) is 0 Å². The second kappa shape index (κ2) is 5.97. The van der Waals surface area contributed by atoms with Gasteiger partial charge in [0.05, 0.1) is 11.7 Å². The molecule has 1 aliphatic rings. The predicted octanol–water partition coefficient (Wildman–Crippen LogP) is 5.00. The lowest BCUT2D eigenvalue weighted by molar-refractivity contribution is 0.623. The van der Waals surface area contributed by atoms with Crippen LogP contribution in [0.2, 0.25) is 5.02 Å². The van der Waals surface area contributed by atoms with E-state index in [-0.39, 0.29) is 11.6 Å². The van der Waals surface area contributed by atoms with Gasteiger partial charge in [-0.25, -0.2) is 4.39 Å². The van der Waals surface area contributed by atoms with Crippen molar-refractivity contribution in [1.29, 1.82) is 5.26 Å². The van der Waals surface area contributed by atoms with Crippen molar-refractivity contribution in [2.24, 2.45) is 0 Å². The summed E-state index contributed by atoms with van der Waals surface area (Å²) in [7, 11) is 0. The molecule has 0 saturated heterocycles. The Morgan fingerprint density at radius 3 is 3.00 bits per heavy atom. The van der Waals surface area contributed by atoms with Gasteiger partial charge in [0.2, 0.25) is 0 Å². The molecular weight excluding hydrogens is 307 g/mol. The van der Waals surface area contributed by atoms with Gasteiger partial charge < -0.3 is 5.32 Å². The molecule has 0 radical (unpaired) electrons. The lowest BCUT2D eigenvalue weighted by atomic mass is 10.0. The topological polar surface area (TPSA) is 35.8 Å². The van der Waals surface area contributed by atoms with Crippen LogP contribution in [0.3, 0.4) is 0 Å². The van der Waals surface area contributed by atoms with E-state index in [1.165, 1.54) is 11.0 Å². The summed E-state index contributed by atoms with van der Waals surface area (Å²) in [5.41, 5.74) is 1.69. The molecule has 0 saturated carbocycles.